The van der Waals surface area contributed by atoms with E-state index in [0.29, 0.717) is 17.4 Å². The Kier molecular flexibility index (Phi) is 4.33. The molecule has 1 aromatic rings. The third-order valence-electron chi connectivity index (χ3n) is 3.85. The van der Waals surface area contributed by atoms with Gasteiger partial charge in [-0.05, 0) is 42.3 Å². The average molecular weight is 270 g/mol. The molecule has 4 heteroatoms. The highest BCUT2D eigenvalue weighted by Crippen LogP contribution is 2.30. The van der Waals surface area contributed by atoms with Crippen molar-refractivity contribution in [1.82, 2.24) is 5.32 Å². The summed E-state index contributed by atoms with van der Waals surface area (Å²) in [6.45, 7) is 4.44. The van der Waals surface area contributed by atoms with Gasteiger partial charge in [0, 0.05) is 6.04 Å². The Hall–Kier alpha value is -0.960. The molecule has 1 heterocycles. The summed E-state index contributed by atoms with van der Waals surface area (Å²) in [7, 11) is 0. The summed E-state index contributed by atoms with van der Waals surface area (Å²) in [6.07, 6.45) is 6.15. The fraction of sp³-hybridized carbons (Fsp3) is 0.643. The zero-order valence-electron chi connectivity index (χ0n) is 10.9. The molecular weight excluding hydrogens is 250 g/mol. The van der Waals surface area contributed by atoms with E-state index in [0.717, 1.165) is 6.42 Å². The lowest BCUT2D eigenvalue weighted by molar-refractivity contribution is 0.0888. The predicted molar refractivity (Wildman–Crippen MR) is 71.8 cm³/mol. The molecule has 0 aromatic carbocycles. The third-order valence-corrected chi connectivity index (χ3v) is 4.15. The Balaban J connectivity index is 2.03. The van der Waals surface area contributed by atoms with E-state index in [1.165, 1.54) is 25.5 Å². The zero-order chi connectivity index (χ0) is 13.1. The predicted octanol–water partition coefficient (Wildman–Crippen LogP) is 3.88. The molecule has 0 saturated heterocycles. The normalized spacial score (nSPS) is 24.2. The van der Waals surface area contributed by atoms with Gasteiger partial charge < -0.3 is 9.73 Å². The summed E-state index contributed by atoms with van der Waals surface area (Å²) >= 11 is 5.82. The summed E-state index contributed by atoms with van der Waals surface area (Å²) in [5.74, 6) is 1.04. The maximum absolute atomic E-state index is 12.1. The highest BCUT2D eigenvalue weighted by atomic mass is 35.5. The highest BCUT2D eigenvalue weighted by molar-refractivity contribution is 6.32. The van der Waals surface area contributed by atoms with Crippen LogP contribution in [0.25, 0.3) is 0 Å². The van der Waals surface area contributed by atoms with Crippen LogP contribution in [0.1, 0.15) is 49.9 Å². The summed E-state index contributed by atoms with van der Waals surface area (Å²) in [5, 5.41) is 3.28. The SMILES string of the molecule is CC(C)C1CCCCC1NC(=O)c1ccoc1Cl. The van der Waals surface area contributed by atoms with Crippen molar-refractivity contribution in [3.63, 3.8) is 0 Å². The van der Waals surface area contributed by atoms with E-state index >= 15 is 0 Å². The van der Waals surface area contributed by atoms with Crippen molar-refractivity contribution < 1.29 is 9.21 Å². The van der Waals surface area contributed by atoms with Crippen molar-refractivity contribution in [2.24, 2.45) is 11.8 Å². The molecule has 0 radical (unpaired) electrons. The van der Waals surface area contributed by atoms with Crippen LogP contribution in [-0.2, 0) is 0 Å². The first-order chi connectivity index (χ1) is 8.59. The van der Waals surface area contributed by atoms with Crippen LogP contribution < -0.4 is 5.32 Å². The second-order valence-electron chi connectivity index (χ2n) is 5.38. The van der Waals surface area contributed by atoms with Gasteiger partial charge in [0.2, 0.25) is 5.22 Å². The smallest absolute Gasteiger partial charge is 0.256 e. The Morgan fingerprint density at radius 1 is 1.44 bits per heavy atom. The van der Waals surface area contributed by atoms with E-state index in [2.05, 4.69) is 19.2 Å². The Morgan fingerprint density at radius 2 is 2.17 bits per heavy atom. The van der Waals surface area contributed by atoms with Crippen molar-refractivity contribution >= 4 is 17.5 Å². The molecule has 1 aliphatic carbocycles. The Bertz CT molecular complexity index is 414. The molecule has 2 rings (SSSR count). The van der Waals surface area contributed by atoms with Crippen LogP contribution in [-0.4, -0.2) is 11.9 Å². The van der Waals surface area contributed by atoms with Gasteiger partial charge in [0.25, 0.3) is 5.91 Å². The van der Waals surface area contributed by atoms with Gasteiger partial charge in [0.05, 0.1) is 11.8 Å². The van der Waals surface area contributed by atoms with Crippen molar-refractivity contribution in [3.8, 4) is 0 Å². The van der Waals surface area contributed by atoms with Gasteiger partial charge in [0.1, 0.15) is 0 Å². The summed E-state index contributed by atoms with van der Waals surface area (Å²) < 4.78 is 4.95. The fourth-order valence-electron chi connectivity index (χ4n) is 2.84. The number of hydrogen-bond donors (Lipinski definition) is 1. The van der Waals surface area contributed by atoms with Crippen LogP contribution in [0.15, 0.2) is 16.7 Å². The fourth-order valence-corrected chi connectivity index (χ4v) is 3.04. The van der Waals surface area contributed by atoms with Gasteiger partial charge in [-0.15, -0.1) is 0 Å². The molecule has 0 spiro atoms. The average Bonchev–Trinajstić information content (AvgIpc) is 2.76. The van der Waals surface area contributed by atoms with Gasteiger partial charge in [-0.25, -0.2) is 0 Å². The summed E-state index contributed by atoms with van der Waals surface area (Å²) in [6, 6.07) is 1.88. The molecule has 100 valence electrons. The van der Waals surface area contributed by atoms with Gasteiger partial charge >= 0.3 is 0 Å². The van der Waals surface area contributed by atoms with Gasteiger partial charge in [-0.3, -0.25) is 4.79 Å². The maximum Gasteiger partial charge on any atom is 0.256 e. The minimum absolute atomic E-state index is 0.119. The first kappa shape index (κ1) is 13.5. The number of halogens is 1. The van der Waals surface area contributed by atoms with Crippen molar-refractivity contribution in [2.75, 3.05) is 0 Å². The van der Waals surface area contributed by atoms with E-state index < -0.39 is 0 Å². The van der Waals surface area contributed by atoms with E-state index in [9.17, 15) is 4.79 Å². The topological polar surface area (TPSA) is 42.2 Å². The minimum atomic E-state index is -0.119. The highest BCUT2D eigenvalue weighted by Gasteiger charge is 2.29. The first-order valence-corrected chi connectivity index (χ1v) is 7.01. The largest absolute Gasteiger partial charge is 0.452 e. The number of nitrogens with one attached hydrogen (secondary N) is 1. The van der Waals surface area contributed by atoms with Crippen LogP contribution in [0.4, 0.5) is 0 Å². The summed E-state index contributed by atoms with van der Waals surface area (Å²) in [4.78, 5) is 12.1. The van der Waals surface area contributed by atoms with Gasteiger partial charge in [-0.1, -0.05) is 26.7 Å². The molecule has 1 aromatic heterocycles. The number of carbonyl (C=O) groups is 1. The molecule has 1 saturated carbocycles. The molecule has 2 atom stereocenters. The monoisotopic (exact) mass is 269 g/mol. The lowest BCUT2D eigenvalue weighted by atomic mass is 9.78. The first-order valence-electron chi connectivity index (χ1n) is 6.63. The molecule has 0 bridgehead atoms. The molecule has 18 heavy (non-hydrogen) atoms. The van der Waals surface area contributed by atoms with Crippen molar-refractivity contribution in [2.45, 2.75) is 45.6 Å². The van der Waals surface area contributed by atoms with Crippen LogP contribution >= 0.6 is 11.6 Å². The van der Waals surface area contributed by atoms with Crippen LogP contribution in [0.3, 0.4) is 0 Å². The van der Waals surface area contributed by atoms with Crippen LogP contribution in [0.2, 0.25) is 5.22 Å². The van der Waals surface area contributed by atoms with Gasteiger partial charge in [-0.2, -0.15) is 0 Å². The number of carbonyl (C=O) groups excluding carboxylic acids is 1. The molecule has 3 nitrogen and oxygen atoms in total. The molecule has 1 fully saturated rings. The molecule has 0 aliphatic heterocycles. The van der Waals surface area contributed by atoms with Crippen molar-refractivity contribution in [3.05, 3.63) is 23.1 Å². The third kappa shape index (κ3) is 2.89. The van der Waals surface area contributed by atoms with E-state index in [-0.39, 0.29) is 17.2 Å². The molecule has 1 amide bonds. The van der Waals surface area contributed by atoms with E-state index in [1.807, 2.05) is 0 Å². The minimum Gasteiger partial charge on any atom is -0.452 e. The molecule has 1 aliphatic rings. The second kappa shape index (κ2) is 5.79. The Morgan fingerprint density at radius 3 is 2.78 bits per heavy atom. The van der Waals surface area contributed by atoms with Gasteiger partial charge in [0.15, 0.2) is 0 Å². The standard InChI is InChI=1S/C14H20ClNO2/c1-9(2)10-5-3-4-6-12(10)16-14(17)11-7-8-18-13(11)15/h7-10,12H,3-6H2,1-2H3,(H,16,17). The summed E-state index contributed by atoms with van der Waals surface area (Å²) in [5.41, 5.74) is 0.435. The number of furan rings is 1. The van der Waals surface area contributed by atoms with Crippen LogP contribution in [0.5, 0.6) is 0 Å². The number of amides is 1. The van der Waals surface area contributed by atoms with E-state index in [1.54, 1.807) is 6.07 Å². The maximum atomic E-state index is 12.1. The number of rotatable bonds is 3. The Labute approximate surface area is 113 Å². The van der Waals surface area contributed by atoms with E-state index in [4.69, 9.17) is 16.0 Å². The molecular formula is C14H20ClNO2. The lowest BCUT2D eigenvalue weighted by Crippen LogP contribution is -2.43. The zero-order valence-corrected chi connectivity index (χ0v) is 11.7. The molecule has 2 unspecified atom stereocenters. The number of hydrogen-bond acceptors (Lipinski definition) is 2. The second-order valence-corrected chi connectivity index (χ2v) is 5.72. The quantitative estimate of drug-likeness (QED) is 0.905. The van der Waals surface area contributed by atoms with Crippen LogP contribution in [0, 0.1) is 11.8 Å². The molecule has 1 N–H and O–H groups in total. The lowest BCUT2D eigenvalue weighted by Gasteiger charge is -2.34. The van der Waals surface area contributed by atoms with Crippen molar-refractivity contribution in [1.29, 1.82) is 0 Å².